The van der Waals surface area contributed by atoms with Gasteiger partial charge in [-0.2, -0.15) is 0 Å². The van der Waals surface area contributed by atoms with E-state index >= 15 is 0 Å². The fourth-order valence-corrected chi connectivity index (χ4v) is 1.99. The summed E-state index contributed by atoms with van der Waals surface area (Å²) < 4.78 is 0. The van der Waals surface area contributed by atoms with Crippen LogP contribution in [0.1, 0.15) is 65.2 Å². The van der Waals surface area contributed by atoms with Gasteiger partial charge in [-0.25, -0.2) is 0 Å². The van der Waals surface area contributed by atoms with Crippen LogP contribution in [0.15, 0.2) is 23.8 Å². The van der Waals surface area contributed by atoms with E-state index in [-0.39, 0.29) is 0 Å². The van der Waals surface area contributed by atoms with Gasteiger partial charge in [0.05, 0.1) is 0 Å². The summed E-state index contributed by atoms with van der Waals surface area (Å²) in [5, 5.41) is 0. The summed E-state index contributed by atoms with van der Waals surface area (Å²) >= 11 is 0. The van der Waals surface area contributed by atoms with Crippen LogP contribution in [0, 0.1) is 0 Å². The van der Waals surface area contributed by atoms with E-state index in [2.05, 4.69) is 37.6 Å². The molecule has 0 saturated heterocycles. The van der Waals surface area contributed by atoms with Crippen molar-refractivity contribution in [1.82, 2.24) is 0 Å². The van der Waals surface area contributed by atoms with Gasteiger partial charge in [0.1, 0.15) is 0 Å². The Morgan fingerprint density at radius 3 is 1.60 bits per heavy atom. The van der Waals surface area contributed by atoms with Gasteiger partial charge >= 0.3 is 0 Å². The summed E-state index contributed by atoms with van der Waals surface area (Å²) in [6.07, 6.45) is 15.2. The van der Waals surface area contributed by atoms with Crippen molar-refractivity contribution in [3.05, 3.63) is 23.8 Å². The minimum Gasteiger partial charge on any atom is -0.0834 e. The van der Waals surface area contributed by atoms with E-state index in [9.17, 15) is 0 Å². The number of unbranched alkanes of at least 4 members (excludes halogenated alkanes) is 6. The summed E-state index contributed by atoms with van der Waals surface area (Å²) in [5.74, 6) is 4.54. The van der Waals surface area contributed by atoms with E-state index in [1.165, 1.54) is 59.9 Å². The molecule has 1 radical (unpaired) electrons. The van der Waals surface area contributed by atoms with Gasteiger partial charge in [0.25, 0.3) is 0 Å². The molecule has 0 unspecified atom stereocenters. The summed E-state index contributed by atoms with van der Waals surface area (Å²) in [4.78, 5) is 0. The van der Waals surface area contributed by atoms with Crippen molar-refractivity contribution in [2.24, 2.45) is 0 Å². The monoisotopic (exact) mass is 225 g/mol. The second kappa shape index (κ2) is 13.9. The van der Waals surface area contributed by atoms with Crippen molar-refractivity contribution in [1.29, 1.82) is 0 Å². The molecule has 0 saturated carbocycles. The van der Waals surface area contributed by atoms with E-state index < -0.39 is 0 Å². The molecule has 0 aromatic rings. The van der Waals surface area contributed by atoms with Crippen LogP contribution in [0.5, 0.6) is 0 Å². The largest absolute Gasteiger partial charge is 0.0834 e. The topological polar surface area (TPSA) is 0 Å². The molecule has 0 spiro atoms. The summed E-state index contributed by atoms with van der Waals surface area (Å²) in [5.41, 5.74) is 0. The molecule has 0 N–H and O–H groups in total. The molecule has 0 amide bonds. The minimum atomic E-state index is 1.25. The quantitative estimate of drug-likeness (QED) is 0.310. The van der Waals surface area contributed by atoms with Crippen LogP contribution < -0.4 is 0 Å². The zero-order chi connectivity index (χ0) is 11.2. The minimum absolute atomic E-state index is 1.25. The smallest absolute Gasteiger partial charge is 0.0267 e. The average Bonchev–Trinajstić information content (AvgIpc) is 2.26. The van der Waals surface area contributed by atoms with Crippen LogP contribution in [-0.2, 0) is 0 Å². The first-order chi connectivity index (χ1) is 7.41. The van der Waals surface area contributed by atoms with E-state index in [0.717, 1.165) is 0 Å². The standard InChI is InChI=1S/C14H26P/c1-3-5-7-9-11-13-15-14-12-10-8-6-4-2/h11-14H,3-10H2,1-2H3. The molecule has 87 valence electrons. The number of hydrogen-bond acceptors (Lipinski definition) is 0. The van der Waals surface area contributed by atoms with E-state index in [1.807, 2.05) is 0 Å². The Balaban J connectivity index is 3.14. The van der Waals surface area contributed by atoms with Gasteiger partial charge in [-0.15, -0.1) is 0 Å². The lowest BCUT2D eigenvalue weighted by molar-refractivity contribution is 0.729. The first-order valence-electron chi connectivity index (χ1n) is 6.41. The third-order valence-electron chi connectivity index (χ3n) is 2.33. The highest BCUT2D eigenvalue weighted by Crippen LogP contribution is 2.15. The fraction of sp³-hybridized carbons (Fsp3) is 0.714. The third kappa shape index (κ3) is 13.9. The maximum Gasteiger partial charge on any atom is -0.0267 e. The zero-order valence-electron chi connectivity index (χ0n) is 10.4. The predicted molar refractivity (Wildman–Crippen MR) is 73.5 cm³/mol. The lowest BCUT2D eigenvalue weighted by Crippen LogP contribution is -1.69. The van der Waals surface area contributed by atoms with Crippen molar-refractivity contribution < 1.29 is 0 Å². The van der Waals surface area contributed by atoms with Crippen molar-refractivity contribution in [2.45, 2.75) is 65.2 Å². The van der Waals surface area contributed by atoms with Crippen LogP contribution >= 0.6 is 8.58 Å². The molecule has 1 heteroatoms. The highest BCUT2D eigenvalue weighted by Gasteiger charge is 1.82. The van der Waals surface area contributed by atoms with Crippen LogP contribution in [0.4, 0.5) is 0 Å². The highest BCUT2D eigenvalue weighted by atomic mass is 31.1. The summed E-state index contributed by atoms with van der Waals surface area (Å²) in [7, 11) is 1.35. The lowest BCUT2D eigenvalue weighted by Gasteiger charge is -1.91. The maximum absolute atomic E-state index is 2.31. The zero-order valence-corrected chi connectivity index (χ0v) is 11.3. The van der Waals surface area contributed by atoms with Gasteiger partial charge in [0, 0.05) is 0 Å². The third-order valence-corrected chi connectivity index (χ3v) is 3.10. The Kier molecular flexibility index (Phi) is 13.8. The lowest BCUT2D eigenvalue weighted by atomic mass is 10.2. The molecule has 0 aliphatic rings. The highest BCUT2D eigenvalue weighted by molar-refractivity contribution is 7.45. The van der Waals surface area contributed by atoms with Gasteiger partial charge < -0.3 is 0 Å². The number of hydrogen-bond donors (Lipinski definition) is 0. The van der Waals surface area contributed by atoms with Crippen molar-refractivity contribution >= 4 is 8.58 Å². The van der Waals surface area contributed by atoms with Gasteiger partial charge in [-0.1, -0.05) is 63.3 Å². The maximum atomic E-state index is 2.31. The van der Waals surface area contributed by atoms with Crippen LogP contribution in [-0.4, -0.2) is 0 Å². The molecular weight excluding hydrogens is 199 g/mol. The van der Waals surface area contributed by atoms with Crippen LogP contribution in [0.3, 0.4) is 0 Å². The molecule has 0 heterocycles. The first-order valence-corrected chi connectivity index (χ1v) is 7.45. The molecule has 15 heavy (non-hydrogen) atoms. The fourth-order valence-electron chi connectivity index (χ4n) is 1.34. The molecule has 0 aromatic heterocycles. The summed E-state index contributed by atoms with van der Waals surface area (Å²) in [6.45, 7) is 4.50. The molecule has 0 aliphatic heterocycles. The average molecular weight is 225 g/mol. The molecule has 0 atom stereocenters. The molecular formula is C14H26P. The summed E-state index contributed by atoms with van der Waals surface area (Å²) in [6, 6.07) is 0. The molecule has 0 bridgehead atoms. The van der Waals surface area contributed by atoms with Gasteiger partial charge in [0.15, 0.2) is 0 Å². The van der Waals surface area contributed by atoms with E-state index in [0.29, 0.717) is 0 Å². The molecule has 0 aromatic carbocycles. The second-order valence-corrected chi connectivity index (χ2v) is 4.80. The Bertz CT molecular complexity index is 141. The molecule has 0 rings (SSSR count). The Hall–Kier alpha value is -0.0900. The van der Waals surface area contributed by atoms with Gasteiger partial charge in [0.2, 0.25) is 0 Å². The van der Waals surface area contributed by atoms with Gasteiger partial charge in [-0.3, -0.25) is 0 Å². The van der Waals surface area contributed by atoms with Crippen molar-refractivity contribution in [3.8, 4) is 0 Å². The van der Waals surface area contributed by atoms with Gasteiger partial charge in [-0.05, 0) is 34.3 Å². The van der Waals surface area contributed by atoms with E-state index in [1.54, 1.807) is 0 Å². The number of rotatable bonds is 10. The molecule has 0 nitrogen and oxygen atoms in total. The van der Waals surface area contributed by atoms with Crippen molar-refractivity contribution in [2.75, 3.05) is 0 Å². The predicted octanol–water partition coefficient (Wildman–Crippen LogP) is 6.12. The second-order valence-electron chi connectivity index (χ2n) is 3.91. The Morgan fingerprint density at radius 1 is 0.733 bits per heavy atom. The normalized spacial score (nSPS) is 12.7. The SMILES string of the molecule is CCCCCC=C[P]C=CCCCCC. The molecule has 0 fully saturated rings. The number of allylic oxidation sites excluding steroid dienone is 2. The van der Waals surface area contributed by atoms with Crippen molar-refractivity contribution in [3.63, 3.8) is 0 Å². The Morgan fingerprint density at radius 2 is 1.20 bits per heavy atom. The first kappa shape index (κ1) is 14.9. The van der Waals surface area contributed by atoms with Crippen LogP contribution in [0.2, 0.25) is 0 Å². The molecule has 0 aliphatic carbocycles. The van der Waals surface area contributed by atoms with Crippen LogP contribution in [0.25, 0.3) is 0 Å². The Labute approximate surface area is 98.0 Å². The van der Waals surface area contributed by atoms with E-state index in [4.69, 9.17) is 0 Å².